The van der Waals surface area contributed by atoms with E-state index in [0.29, 0.717) is 32.5 Å². The van der Waals surface area contributed by atoms with Gasteiger partial charge in [0.1, 0.15) is 13.2 Å². The van der Waals surface area contributed by atoms with Gasteiger partial charge in [-0.05, 0) is 17.7 Å². The summed E-state index contributed by atoms with van der Waals surface area (Å²) >= 11 is 0. The molecule has 2 rings (SSSR count). The minimum absolute atomic E-state index is 0.501. The molecular weight excluding hydrogens is 284 g/mol. The quantitative estimate of drug-likeness (QED) is 0.590. The second-order valence-corrected chi connectivity index (χ2v) is 5.20. The van der Waals surface area contributed by atoms with Gasteiger partial charge in [-0.25, -0.2) is 0 Å². The summed E-state index contributed by atoms with van der Waals surface area (Å²) in [6, 6.07) is 6.60. The Morgan fingerprint density at radius 2 is 1.68 bits per heavy atom. The molecule has 0 saturated carbocycles. The van der Waals surface area contributed by atoms with E-state index in [0.717, 1.165) is 31.1 Å². The van der Waals surface area contributed by atoms with Crippen LogP contribution < -0.4 is 20.1 Å². The van der Waals surface area contributed by atoms with Gasteiger partial charge in [-0.2, -0.15) is 0 Å². The Kier molecular flexibility index (Phi) is 7.45. The number of hydrogen-bond donors (Lipinski definition) is 2. The van der Waals surface area contributed by atoms with Crippen LogP contribution in [0.3, 0.4) is 0 Å². The highest BCUT2D eigenvalue weighted by Gasteiger charge is 2.15. The largest absolute Gasteiger partial charge is 0.487 e. The van der Waals surface area contributed by atoms with Crippen molar-refractivity contribution in [3.63, 3.8) is 0 Å². The van der Waals surface area contributed by atoms with Crippen molar-refractivity contribution in [3.8, 4) is 11.5 Å². The fourth-order valence-electron chi connectivity index (χ4n) is 2.06. The van der Waals surface area contributed by atoms with Crippen LogP contribution in [-0.4, -0.2) is 59.8 Å². The third-order valence-corrected chi connectivity index (χ3v) is 3.47. The van der Waals surface area contributed by atoms with Gasteiger partial charge < -0.3 is 29.6 Å². The maximum absolute atomic E-state index is 5.77. The molecule has 1 aromatic carbocycles. The molecule has 1 saturated heterocycles. The van der Waals surface area contributed by atoms with Gasteiger partial charge in [0, 0.05) is 39.9 Å². The number of benzene rings is 1. The molecule has 0 radical (unpaired) electrons. The standard InChI is InChI=1S/C16H26N2O4/c1-19-5-7-21-15-4-3-13(10-18-14-11-17-12-14)9-16(15)22-8-6-20-2/h3-4,9,14,17-18H,5-8,10-12H2,1-2H3. The molecule has 1 aliphatic rings. The van der Waals surface area contributed by atoms with Crippen molar-refractivity contribution in [2.75, 3.05) is 53.7 Å². The van der Waals surface area contributed by atoms with Gasteiger partial charge in [0.15, 0.2) is 11.5 Å². The lowest BCUT2D eigenvalue weighted by molar-refractivity contribution is 0.132. The highest BCUT2D eigenvalue weighted by atomic mass is 16.5. The van der Waals surface area contributed by atoms with Gasteiger partial charge in [0.2, 0.25) is 0 Å². The van der Waals surface area contributed by atoms with Crippen LogP contribution in [0.15, 0.2) is 18.2 Å². The second-order valence-electron chi connectivity index (χ2n) is 5.20. The molecule has 22 heavy (non-hydrogen) atoms. The van der Waals surface area contributed by atoms with E-state index in [9.17, 15) is 0 Å². The van der Waals surface area contributed by atoms with E-state index in [-0.39, 0.29) is 0 Å². The minimum atomic E-state index is 0.501. The predicted octanol–water partition coefficient (Wildman–Crippen LogP) is 0.798. The maximum atomic E-state index is 5.77. The molecule has 2 N–H and O–H groups in total. The minimum Gasteiger partial charge on any atom is -0.487 e. The van der Waals surface area contributed by atoms with Crippen molar-refractivity contribution in [3.05, 3.63) is 23.8 Å². The summed E-state index contributed by atoms with van der Waals surface area (Å²) in [5, 5.41) is 6.75. The fourth-order valence-corrected chi connectivity index (χ4v) is 2.06. The number of methoxy groups -OCH3 is 2. The Labute approximate surface area is 132 Å². The molecule has 124 valence electrons. The number of rotatable bonds is 11. The summed E-state index contributed by atoms with van der Waals surface area (Å²) in [4.78, 5) is 0. The average molecular weight is 310 g/mol. The first-order valence-electron chi connectivity index (χ1n) is 7.64. The van der Waals surface area contributed by atoms with Crippen LogP contribution in [0.25, 0.3) is 0 Å². The summed E-state index contributed by atoms with van der Waals surface area (Å²) in [5.74, 6) is 1.49. The van der Waals surface area contributed by atoms with E-state index < -0.39 is 0 Å². The van der Waals surface area contributed by atoms with Crippen molar-refractivity contribution in [1.82, 2.24) is 10.6 Å². The van der Waals surface area contributed by atoms with Crippen molar-refractivity contribution < 1.29 is 18.9 Å². The lowest BCUT2D eigenvalue weighted by atomic mass is 10.1. The summed E-state index contributed by atoms with van der Waals surface area (Å²) in [5.41, 5.74) is 1.18. The van der Waals surface area contributed by atoms with E-state index in [1.165, 1.54) is 5.56 Å². The van der Waals surface area contributed by atoms with E-state index in [2.05, 4.69) is 16.7 Å². The Bertz CT molecular complexity index is 438. The first-order valence-corrected chi connectivity index (χ1v) is 7.64. The van der Waals surface area contributed by atoms with E-state index >= 15 is 0 Å². The van der Waals surface area contributed by atoms with Crippen LogP contribution in [0.2, 0.25) is 0 Å². The Morgan fingerprint density at radius 1 is 1.00 bits per heavy atom. The summed E-state index contributed by atoms with van der Waals surface area (Å²) in [6.45, 7) is 5.00. The Balaban J connectivity index is 1.93. The van der Waals surface area contributed by atoms with Gasteiger partial charge >= 0.3 is 0 Å². The van der Waals surface area contributed by atoms with Gasteiger partial charge in [0.05, 0.1) is 13.2 Å². The van der Waals surface area contributed by atoms with E-state index in [4.69, 9.17) is 18.9 Å². The molecule has 1 aromatic rings. The normalized spacial score (nSPS) is 14.6. The van der Waals surface area contributed by atoms with Gasteiger partial charge in [-0.1, -0.05) is 6.07 Å². The molecule has 0 bridgehead atoms. The highest BCUT2D eigenvalue weighted by molar-refractivity contribution is 5.43. The van der Waals surface area contributed by atoms with Crippen molar-refractivity contribution in [2.24, 2.45) is 0 Å². The molecule has 0 aliphatic carbocycles. The second kappa shape index (κ2) is 9.63. The molecule has 0 spiro atoms. The van der Waals surface area contributed by atoms with E-state index in [1.54, 1.807) is 14.2 Å². The van der Waals surface area contributed by atoms with Crippen LogP contribution >= 0.6 is 0 Å². The molecule has 1 heterocycles. The van der Waals surface area contributed by atoms with Crippen LogP contribution in [0.4, 0.5) is 0 Å². The zero-order valence-corrected chi connectivity index (χ0v) is 13.4. The highest BCUT2D eigenvalue weighted by Crippen LogP contribution is 2.28. The summed E-state index contributed by atoms with van der Waals surface area (Å²) < 4.78 is 21.5. The fraction of sp³-hybridized carbons (Fsp3) is 0.625. The lowest BCUT2D eigenvalue weighted by Crippen LogP contribution is -2.54. The molecule has 6 nitrogen and oxygen atoms in total. The molecule has 0 aromatic heterocycles. The smallest absolute Gasteiger partial charge is 0.161 e. The first kappa shape index (κ1) is 17.0. The first-order chi connectivity index (χ1) is 10.8. The molecule has 1 aliphatic heterocycles. The maximum Gasteiger partial charge on any atom is 0.161 e. The lowest BCUT2D eigenvalue weighted by Gasteiger charge is -2.28. The van der Waals surface area contributed by atoms with Crippen molar-refractivity contribution in [2.45, 2.75) is 12.6 Å². The van der Waals surface area contributed by atoms with Crippen LogP contribution in [0.1, 0.15) is 5.56 Å². The van der Waals surface area contributed by atoms with Crippen molar-refractivity contribution >= 4 is 0 Å². The third-order valence-electron chi connectivity index (χ3n) is 3.47. The van der Waals surface area contributed by atoms with E-state index in [1.807, 2.05) is 12.1 Å². The summed E-state index contributed by atoms with van der Waals surface area (Å²) in [7, 11) is 3.32. The molecule has 0 unspecified atom stereocenters. The molecule has 0 atom stereocenters. The monoisotopic (exact) mass is 310 g/mol. The van der Waals surface area contributed by atoms with Crippen LogP contribution in [0.5, 0.6) is 11.5 Å². The van der Waals surface area contributed by atoms with Crippen LogP contribution in [0, 0.1) is 0 Å². The Hall–Kier alpha value is -1.34. The van der Waals surface area contributed by atoms with Crippen LogP contribution in [-0.2, 0) is 16.0 Å². The Morgan fingerprint density at radius 3 is 2.27 bits per heavy atom. The third kappa shape index (κ3) is 5.46. The van der Waals surface area contributed by atoms with Gasteiger partial charge in [-0.15, -0.1) is 0 Å². The molecular formula is C16H26N2O4. The van der Waals surface area contributed by atoms with Gasteiger partial charge in [-0.3, -0.25) is 0 Å². The molecule has 0 amide bonds. The SMILES string of the molecule is COCCOc1ccc(CNC2CNC2)cc1OCCOC. The number of hydrogen-bond acceptors (Lipinski definition) is 6. The van der Waals surface area contributed by atoms with Crippen molar-refractivity contribution in [1.29, 1.82) is 0 Å². The summed E-state index contributed by atoms with van der Waals surface area (Å²) in [6.07, 6.45) is 0. The predicted molar refractivity (Wildman–Crippen MR) is 84.7 cm³/mol. The molecule has 6 heteroatoms. The number of nitrogens with one attached hydrogen (secondary N) is 2. The average Bonchev–Trinajstić information content (AvgIpc) is 2.48. The molecule has 1 fully saturated rings. The zero-order chi connectivity index (χ0) is 15.6. The van der Waals surface area contributed by atoms with Gasteiger partial charge in [0.25, 0.3) is 0 Å². The zero-order valence-electron chi connectivity index (χ0n) is 13.4. The topological polar surface area (TPSA) is 61.0 Å². The number of ether oxygens (including phenoxy) is 4.